The summed E-state index contributed by atoms with van der Waals surface area (Å²) in [4.78, 5) is 26.1. The van der Waals surface area contributed by atoms with Crippen LogP contribution in [0.5, 0.6) is 0 Å². The summed E-state index contributed by atoms with van der Waals surface area (Å²) in [5.41, 5.74) is -1.42. The summed E-state index contributed by atoms with van der Waals surface area (Å²) >= 11 is 0. The van der Waals surface area contributed by atoms with E-state index in [-0.39, 0.29) is 29.4 Å². The fourth-order valence-electron chi connectivity index (χ4n) is 6.65. The quantitative estimate of drug-likeness (QED) is 0.725. The van der Waals surface area contributed by atoms with E-state index in [9.17, 15) is 9.59 Å². The van der Waals surface area contributed by atoms with Crippen molar-refractivity contribution >= 4 is 11.9 Å². The molecule has 134 valence electrons. The second-order valence-corrected chi connectivity index (χ2v) is 8.95. The fourth-order valence-corrected chi connectivity index (χ4v) is 6.65. The van der Waals surface area contributed by atoms with Gasteiger partial charge in [0, 0.05) is 17.4 Å². The lowest BCUT2D eigenvalue weighted by Crippen LogP contribution is -2.63. The number of esters is 2. The first-order valence-electron chi connectivity index (χ1n) is 9.27. The number of furan rings is 1. The van der Waals surface area contributed by atoms with E-state index < -0.39 is 16.4 Å². The Kier molecular flexibility index (Phi) is 2.66. The number of rotatable bonds is 1. The third-order valence-corrected chi connectivity index (χ3v) is 8.48. The van der Waals surface area contributed by atoms with Gasteiger partial charge in [-0.3, -0.25) is 9.59 Å². The van der Waals surface area contributed by atoms with Crippen molar-refractivity contribution in [2.45, 2.75) is 64.6 Å². The zero-order valence-corrected chi connectivity index (χ0v) is 15.0. The van der Waals surface area contributed by atoms with Crippen LogP contribution in [0, 0.1) is 22.2 Å². The molecular weight excluding hydrogens is 320 g/mol. The van der Waals surface area contributed by atoms with Crippen LogP contribution in [0.3, 0.4) is 0 Å². The number of carbonyl (C=O) groups excluding carboxylic acids is 2. The molecule has 3 heterocycles. The fraction of sp³-hybridized carbons (Fsp3) is 0.700. The van der Waals surface area contributed by atoms with E-state index in [0.717, 1.165) is 31.2 Å². The minimum Gasteiger partial charge on any atom is -0.472 e. The lowest BCUT2D eigenvalue weighted by Gasteiger charge is -2.55. The first-order valence-corrected chi connectivity index (χ1v) is 9.27. The highest BCUT2D eigenvalue weighted by Crippen LogP contribution is 2.78. The van der Waals surface area contributed by atoms with Gasteiger partial charge in [0.25, 0.3) is 0 Å². The Morgan fingerprint density at radius 1 is 1.12 bits per heavy atom. The lowest BCUT2D eigenvalue weighted by molar-refractivity contribution is -0.205. The maximum atomic E-state index is 13.3. The Morgan fingerprint density at radius 2 is 1.92 bits per heavy atom. The molecule has 0 N–H and O–H groups in total. The second-order valence-electron chi connectivity index (χ2n) is 8.95. The third-order valence-electron chi connectivity index (χ3n) is 8.48. The van der Waals surface area contributed by atoms with Crippen molar-refractivity contribution < 1.29 is 23.5 Å². The monoisotopic (exact) mass is 344 g/mol. The number of carbonyl (C=O) groups is 2. The van der Waals surface area contributed by atoms with Crippen molar-refractivity contribution in [2.24, 2.45) is 22.2 Å². The van der Waals surface area contributed by atoms with Gasteiger partial charge in [-0.25, -0.2) is 0 Å². The Hall–Kier alpha value is -1.78. The highest BCUT2D eigenvalue weighted by atomic mass is 16.6. The molecule has 1 aromatic heterocycles. The topological polar surface area (TPSA) is 65.7 Å². The summed E-state index contributed by atoms with van der Waals surface area (Å²) in [6.07, 6.45) is 6.86. The Bertz CT molecular complexity index is 769. The third kappa shape index (κ3) is 1.38. The summed E-state index contributed by atoms with van der Waals surface area (Å²) in [6.45, 7) is 6.31. The molecule has 2 saturated carbocycles. The van der Waals surface area contributed by atoms with E-state index in [1.807, 2.05) is 13.0 Å². The molecule has 0 aromatic carbocycles. The molecular formula is C20H24O5. The van der Waals surface area contributed by atoms with Gasteiger partial charge in [-0.1, -0.05) is 13.8 Å². The maximum Gasteiger partial charge on any atom is 0.317 e. The Labute approximate surface area is 147 Å². The molecule has 5 heteroatoms. The minimum atomic E-state index is -0.758. The Morgan fingerprint density at radius 3 is 2.60 bits per heavy atom. The van der Waals surface area contributed by atoms with Gasteiger partial charge in [-0.2, -0.15) is 0 Å². The first-order chi connectivity index (χ1) is 11.8. The van der Waals surface area contributed by atoms with Crippen molar-refractivity contribution in [3.05, 3.63) is 24.2 Å². The second kappa shape index (κ2) is 4.30. The van der Waals surface area contributed by atoms with Crippen LogP contribution in [-0.4, -0.2) is 17.5 Å². The molecule has 2 aliphatic carbocycles. The molecule has 5 nitrogen and oxygen atoms in total. The molecule has 4 aliphatic rings. The van der Waals surface area contributed by atoms with E-state index in [1.54, 1.807) is 12.5 Å². The maximum absolute atomic E-state index is 13.3. The van der Waals surface area contributed by atoms with Crippen molar-refractivity contribution in [3.8, 4) is 0 Å². The average molecular weight is 344 g/mol. The predicted molar refractivity (Wildman–Crippen MR) is 87.3 cm³/mol. The van der Waals surface area contributed by atoms with Gasteiger partial charge in [-0.05, 0) is 44.6 Å². The smallest absolute Gasteiger partial charge is 0.317 e. The first kappa shape index (κ1) is 15.5. The van der Waals surface area contributed by atoms with Crippen LogP contribution < -0.4 is 0 Å². The molecule has 5 rings (SSSR count). The van der Waals surface area contributed by atoms with Gasteiger partial charge in [0.15, 0.2) is 0 Å². The van der Waals surface area contributed by atoms with Crippen LogP contribution in [0.25, 0.3) is 0 Å². The number of hydrogen-bond donors (Lipinski definition) is 0. The number of hydrogen-bond acceptors (Lipinski definition) is 5. The van der Waals surface area contributed by atoms with Crippen LogP contribution in [0.15, 0.2) is 23.0 Å². The van der Waals surface area contributed by atoms with Crippen LogP contribution in [0.4, 0.5) is 0 Å². The van der Waals surface area contributed by atoms with Crippen LogP contribution >= 0.6 is 0 Å². The van der Waals surface area contributed by atoms with Gasteiger partial charge < -0.3 is 13.9 Å². The van der Waals surface area contributed by atoms with Gasteiger partial charge in [0.2, 0.25) is 0 Å². The minimum absolute atomic E-state index is 0.123. The SMILES string of the molecule is C[C@H]1CC[C@]2(C)[C@@]3(CC[C@]2(C)C(=O)O3)[C@]12C[C@H](c1ccoc1)OC2=O. The highest BCUT2D eigenvalue weighted by molar-refractivity contribution is 5.88. The zero-order chi connectivity index (χ0) is 17.7. The van der Waals surface area contributed by atoms with E-state index in [2.05, 4.69) is 13.8 Å². The number of ether oxygens (including phenoxy) is 2. The zero-order valence-electron chi connectivity index (χ0n) is 15.0. The van der Waals surface area contributed by atoms with Crippen LogP contribution in [0.2, 0.25) is 0 Å². The molecule has 4 fully saturated rings. The summed E-state index contributed by atoms with van der Waals surface area (Å²) in [7, 11) is 0. The molecule has 2 saturated heterocycles. The van der Waals surface area contributed by atoms with Crippen LogP contribution in [0.1, 0.15) is 64.5 Å². The van der Waals surface area contributed by atoms with Gasteiger partial charge >= 0.3 is 11.9 Å². The van der Waals surface area contributed by atoms with E-state index in [1.165, 1.54) is 0 Å². The van der Waals surface area contributed by atoms with Crippen molar-refractivity contribution in [1.82, 2.24) is 0 Å². The van der Waals surface area contributed by atoms with E-state index >= 15 is 0 Å². The van der Waals surface area contributed by atoms with Crippen molar-refractivity contribution in [2.75, 3.05) is 0 Å². The standard InChI is InChI=1S/C20H24O5/c1-12-4-6-18(3)17(2)7-8-20(18,25-15(17)21)19(12)10-14(24-16(19)22)13-5-9-23-11-13/h5,9,11-12,14H,4,6-8,10H2,1-3H3/t12-,14+,17+,18-,19+,20-/m0/s1. The summed E-state index contributed by atoms with van der Waals surface area (Å²) in [5.74, 6) is -0.205. The summed E-state index contributed by atoms with van der Waals surface area (Å²) < 4.78 is 17.2. The molecule has 2 aliphatic heterocycles. The lowest BCUT2D eigenvalue weighted by atomic mass is 9.46. The Balaban J connectivity index is 1.68. The van der Waals surface area contributed by atoms with Crippen molar-refractivity contribution in [3.63, 3.8) is 0 Å². The predicted octanol–water partition coefficient (Wildman–Crippen LogP) is 3.79. The van der Waals surface area contributed by atoms with Crippen LogP contribution in [-0.2, 0) is 19.1 Å². The van der Waals surface area contributed by atoms with Gasteiger partial charge in [0.1, 0.15) is 17.1 Å². The summed E-state index contributed by atoms with van der Waals surface area (Å²) in [6, 6.07) is 1.85. The molecule has 1 spiro atoms. The highest BCUT2D eigenvalue weighted by Gasteiger charge is 2.85. The number of cyclic esters (lactones) is 1. The summed E-state index contributed by atoms with van der Waals surface area (Å²) in [5, 5.41) is 0. The molecule has 0 amide bonds. The van der Waals surface area contributed by atoms with Crippen molar-refractivity contribution in [1.29, 1.82) is 0 Å². The molecule has 0 unspecified atom stereocenters. The normalized spacial score (nSPS) is 50.8. The molecule has 0 radical (unpaired) electrons. The van der Waals surface area contributed by atoms with Gasteiger partial charge in [-0.15, -0.1) is 0 Å². The largest absolute Gasteiger partial charge is 0.472 e. The molecule has 2 bridgehead atoms. The molecule has 25 heavy (non-hydrogen) atoms. The van der Waals surface area contributed by atoms with Gasteiger partial charge in [0.05, 0.1) is 17.9 Å². The molecule has 6 atom stereocenters. The van der Waals surface area contributed by atoms with E-state index in [0.29, 0.717) is 6.42 Å². The average Bonchev–Trinajstić information content (AvgIpc) is 3.29. The van der Waals surface area contributed by atoms with E-state index in [4.69, 9.17) is 13.9 Å². The molecule has 1 aromatic rings.